The third-order valence-corrected chi connectivity index (χ3v) is 10.6. The Morgan fingerprint density at radius 3 is 1.18 bits per heavy atom. The fourth-order valence-electron chi connectivity index (χ4n) is 6.71. The SMILES string of the molecule is CC\C=C/C=C\C=C/C=C\CCCCCCCC(=O)OC(COC(=O)CC/C=C\C/C=C\C/C=C\C/C=C\C/C=C\C/C=C\CC)COC(=O)CCCCCCCCCCCCCCC. The minimum absolute atomic E-state index is 0.113. The van der Waals surface area contributed by atoms with E-state index in [9.17, 15) is 14.4 Å². The summed E-state index contributed by atoms with van der Waals surface area (Å²) in [6, 6.07) is 0. The van der Waals surface area contributed by atoms with Gasteiger partial charge in [-0.1, -0.05) is 239 Å². The van der Waals surface area contributed by atoms with Crippen LogP contribution in [-0.4, -0.2) is 37.2 Å². The summed E-state index contributed by atoms with van der Waals surface area (Å²) < 4.78 is 16.7. The second kappa shape index (κ2) is 52.4. The van der Waals surface area contributed by atoms with Gasteiger partial charge in [-0.2, -0.15) is 0 Å². The molecule has 1 unspecified atom stereocenters. The zero-order valence-electron chi connectivity index (χ0n) is 41.7. The number of carbonyl (C=O) groups is 3. The molecule has 0 amide bonds. The number of hydrogen-bond donors (Lipinski definition) is 0. The van der Waals surface area contributed by atoms with E-state index in [0.29, 0.717) is 12.8 Å². The highest BCUT2D eigenvalue weighted by Crippen LogP contribution is 2.14. The molecule has 1 atom stereocenters. The molecule has 0 bridgehead atoms. The summed E-state index contributed by atoms with van der Waals surface area (Å²) in [5.41, 5.74) is 0. The minimum Gasteiger partial charge on any atom is -0.462 e. The molecule has 0 saturated heterocycles. The van der Waals surface area contributed by atoms with Gasteiger partial charge in [-0.05, 0) is 77.0 Å². The Kier molecular flexibility index (Phi) is 49.1. The largest absolute Gasteiger partial charge is 0.462 e. The van der Waals surface area contributed by atoms with Gasteiger partial charge < -0.3 is 14.2 Å². The van der Waals surface area contributed by atoms with E-state index in [4.69, 9.17) is 14.2 Å². The van der Waals surface area contributed by atoms with Crippen molar-refractivity contribution in [3.8, 4) is 0 Å². The van der Waals surface area contributed by atoms with E-state index in [0.717, 1.165) is 103 Å². The van der Waals surface area contributed by atoms with Crippen LogP contribution < -0.4 is 0 Å². The molecule has 0 rings (SSSR count). The van der Waals surface area contributed by atoms with Crippen molar-refractivity contribution in [1.82, 2.24) is 0 Å². The lowest BCUT2D eigenvalue weighted by molar-refractivity contribution is -0.166. The van der Waals surface area contributed by atoms with E-state index in [2.05, 4.69) is 106 Å². The van der Waals surface area contributed by atoms with Crippen LogP contribution in [0.15, 0.2) is 122 Å². The lowest BCUT2D eigenvalue weighted by atomic mass is 10.0. The van der Waals surface area contributed by atoms with Crippen LogP contribution in [-0.2, 0) is 28.6 Å². The molecule has 0 aliphatic rings. The molecule has 6 heteroatoms. The first-order valence-electron chi connectivity index (χ1n) is 26.1. The zero-order valence-corrected chi connectivity index (χ0v) is 41.7. The van der Waals surface area contributed by atoms with Gasteiger partial charge in [0.05, 0.1) is 0 Å². The third-order valence-electron chi connectivity index (χ3n) is 10.6. The van der Waals surface area contributed by atoms with Crippen molar-refractivity contribution in [3.63, 3.8) is 0 Å². The Balaban J connectivity index is 4.55. The van der Waals surface area contributed by atoms with Crippen molar-refractivity contribution in [2.75, 3.05) is 13.2 Å². The molecule has 0 heterocycles. The van der Waals surface area contributed by atoms with Crippen LogP contribution in [0.25, 0.3) is 0 Å². The molecule has 0 aromatic rings. The van der Waals surface area contributed by atoms with Gasteiger partial charge in [0.1, 0.15) is 13.2 Å². The average molecular weight is 899 g/mol. The monoisotopic (exact) mass is 899 g/mol. The van der Waals surface area contributed by atoms with Gasteiger partial charge in [0.15, 0.2) is 6.10 Å². The summed E-state index contributed by atoms with van der Waals surface area (Å²) in [6.45, 7) is 6.29. The van der Waals surface area contributed by atoms with Crippen molar-refractivity contribution in [2.45, 2.75) is 219 Å². The molecule has 0 fully saturated rings. The molecule has 0 saturated carbocycles. The van der Waals surface area contributed by atoms with Gasteiger partial charge >= 0.3 is 17.9 Å². The number of ether oxygens (including phenoxy) is 3. The molecule has 65 heavy (non-hydrogen) atoms. The Morgan fingerprint density at radius 2 is 0.708 bits per heavy atom. The Bertz CT molecular complexity index is 1400. The summed E-state index contributed by atoms with van der Waals surface area (Å²) in [5.74, 6) is -1.03. The zero-order chi connectivity index (χ0) is 47.2. The smallest absolute Gasteiger partial charge is 0.306 e. The molecule has 0 aliphatic heterocycles. The van der Waals surface area contributed by atoms with Crippen molar-refractivity contribution in [1.29, 1.82) is 0 Å². The summed E-state index contributed by atoms with van der Waals surface area (Å²) in [7, 11) is 0. The van der Waals surface area contributed by atoms with Gasteiger partial charge in [-0.15, -0.1) is 0 Å². The van der Waals surface area contributed by atoms with Gasteiger partial charge in [-0.25, -0.2) is 0 Å². The normalized spacial score (nSPS) is 13.1. The Labute approximate surface area is 399 Å². The van der Waals surface area contributed by atoms with Crippen LogP contribution in [0, 0.1) is 0 Å². The number of rotatable bonds is 45. The summed E-state index contributed by atoms with van der Waals surface area (Å²) >= 11 is 0. The van der Waals surface area contributed by atoms with E-state index in [1.54, 1.807) is 0 Å². The number of carbonyl (C=O) groups excluding carboxylic acids is 3. The highest BCUT2D eigenvalue weighted by atomic mass is 16.6. The van der Waals surface area contributed by atoms with Gasteiger partial charge in [-0.3, -0.25) is 14.4 Å². The molecule has 366 valence electrons. The fourth-order valence-corrected chi connectivity index (χ4v) is 6.71. The predicted molar refractivity (Wildman–Crippen MR) is 279 cm³/mol. The topological polar surface area (TPSA) is 78.9 Å². The average Bonchev–Trinajstić information content (AvgIpc) is 3.30. The second-order valence-electron chi connectivity index (χ2n) is 16.8. The van der Waals surface area contributed by atoms with E-state index in [1.807, 2.05) is 36.5 Å². The van der Waals surface area contributed by atoms with E-state index < -0.39 is 6.10 Å². The number of allylic oxidation sites excluding steroid dienone is 20. The predicted octanol–water partition coefficient (Wildman–Crippen LogP) is 17.3. The van der Waals surface area contributed by atoms with Crippen LogP contribution >= 0.6 is 0 Å². The van der Waals surface area contributed by atoms with Gasteiger partial charge in [0.25, 0.3) is 0 Å². The molecule has 0 aliphatic carbocycles. The second-order valence-corrected chi connectivity index (χ2v) is 16.8. The van der Waals surface area contributed by atoms with E-state index in [-0.39, 0.29) is 44.0 Å². The molecule has 0 aromatic heterocycles. The van der Waals surface area contributed by atoms with Crippen LogP contribution in [0.1, 0.15) is 213 Å². The lowest BCUT2D eigenvalue weighted by Gasteiger charge is -2.18. The van der Waals surface area contributed by atoms with Gasteiger partial charge in [0.2, 0.25) is 0 Å². The Morgan fingerprint density at radius 1 is 0.338 bits per heavy atom. The van der Waals surface area contributed by atoms with Crippen molar-refractivity contribution in [2.24, 2.45) is 0 Å². The quantitative estimate of drug-likeness (QED) is 0.0199. The van der Waals surface area contributed by atoms with Crippen LogP contribution in [0.4, 0.5) is 0 Å². The number of hydrogen-bond acceptors (Lipinski definition) is 6. The maximum Gasteiger partial charge on any atom is 0.306 e. The van der Waals surface area contributed by atoms with Crippen LogP contribution in [0.2, 0.25) is 0 Å². The van der Waals surface area contributed by atoms with E-state index in [1.165, 1.54) is 64.2 Å². The summed E-state index contributed by atoms with van der Waals surface area (Å²) in [4.78, 5) is 38.0. The molecule has 6 nitrogen and oxygen atoms in total. The first-order valence-corrected chi connectivity index (χ1v) is 26.1. The Hall–Kier alpha value is -4.19. The van der Waals surface area contributed by atoms with Crippen LogP contribution in [0.3, 0.4) is 0 Å². The molecule has 0 N–H and O–H groups in total. The minimum atomic E-state index is -0.822. The number of esters is 3. The summed E-state index contributed by atoms with van der Waals surface area (Å²) in [5, 5.41) is 0. The first kappa shape index (κ1) is 60.8. The third kappa shape index (κ3) is 50.7. The molecular formula is C59H94O6. The first-order chi connectivity index (χ1) is 32.0. The van der Waals surface area contributed by atoms with Gasteiger partial charge in [0, 0.05) is 19.3 Å². The highest BCUT2D eigenvalue weighted by molar-refractivity contribution is 5.71. The standard InChI is InChI=1S/C59H94O6/c1-4-7-10-13-16-19-22-25-27-28-29-30-32-34-37-40-43-46-49-52-58(61)64-55-56(54-63-57(60)51-48-45-42-39-36-33-24-21-18-15-12-9-6-3)65-59(62)53-50-47-44-41-38-35-31-26-23-20-17-14-11-8-5-2/h7-8,10-11,14,16-17,19-20,23,25-27,29-31,34,37,43,46,56H,4-6,9,12-13,15,18,21-22,24,28,32-33,35-36,38-42,44-45,47-55H2,1-3H3/b10-7-,11-8-,17-14-,19-16-,23-20-,27-25-,30-29-,31-26-,37-34-,46-43-. The maximum absolute atomic E-state index is 12.8. The van der Waals surface area contributed by atoms with Crippen LogP contribution in [0.5, 0.6) is 0 Å². The highest BCUT2D eigenvalue weighted by Gasteiger charge is 2.19. The molecule has 0 spiro atoms. The number of unbranched alkanes of at least 4 members (excludes halogenated alkanes) is 17. The molecular weight excluding hydrogens is 805 g/mol. The lowest BCUT2D eigenvalue weighted by Crippen LogP contribution is -2.30. The van der Waals surface area contributed by atoms with Crippen molar-refractivity contribution in [3.05, 3.63) is 122 Å². The summed E-state index contributed by atoms with van der Waals surface area (Å²) in [6.07, 6.45) is 71.9. The maximum atomic E-state index is 12.8. The fraction of sp³-hybridized carbons (Fsp3) is 0.610. The van der Waals surface area contributed by atoms with Crippen molar-refractivity contribution >= 4 is 17.9 Å². The molecule has 0 aromatic carbocycles. The van der Waals surface area contributed by atoms with E-state index >= 15 is 0 Å². The molecule has 0 radical (unpaired) electrons. The van der Waals surface area contributed by atoms with Crippen molar-refractivity contribution < 1.29 is 28.6 Å².